The van der Waals surface area contributed by atoms with E-state index in [4.69, 9.17) is 9.47 Å². The van der Waals surface area contributed by atoms with E-state index in [1.54, 1.807) is 7.11 Å². The predicted octanol–water partition coefficient (Wildman–Crippen LogP) is 2.30. The molecule has 0 radical (unpaired) electrons. The summed E-state index contributed by atoms with van der Waals surface area (Å²) in [5.74, 6) is 0.644. The van der Waals surface area contributed by atoms with Gasteiger partial charge in [0.1, 0.15) is 13.2 Å². The van der Waals surface area contributed by atoms with Gasteiger partial charge in [0.15, 0.2) is 6.40 Å². The zero-order valence-corrected chi connectivity index (χ0v) is 11.5. The Bertz CT molecular complexity index is 552. The molecule has 5 nitrogen and oxygen atoms in total. The number of para-hydroxylation sites is 1. The summed E-state index contributed by atoms with van der Waals surface area (Å²) in [6.07, 6.45) is 1.49. The number of ether oxygens (including phenoxy) is 3. The van der Waals surface area contributed by atoms with Gasteiger partial charge in [0.25, 0.3) is 0 Å². The highest BCUT2D eigenvalue weighted by Crippen LogP contribution is 2.15. The van der Waals surface area contributed by atoms with E-state index in [0.717, 1.165) is 24.1 Å². The van der Waals surface area contributed by atoms with Gasteiger partial charge in [0.05, 0.1) is 18.7 Å². The lowest BCUT2D eigenvalue weighted by Gasteiger charge is -2.05. The SMILES string of the molecule is C1=NCCO1.COCCOc1ccc2ccccc2n1. The Labute approximate surface area is 118 Å². The number of rotatable bonds is 4. The van der Waals surface area contributed by atoms with Crippen LogP contribution >= 0.6 is 0 Å². The lowest BCUT2D eigenvalue weighted by atomic mass is 10.2. The second kappa shape index (κ2) is 8.12. The second-order valence-electron chi connectivity index (χ2n) is 4.07. The van der Waals surface area contributed by atoms with E-state index in [-0.39, 0.29) is 0 Å². The van der Waals surface area contributed by atoms with Crippen molar-refractivity contribution in [1.82, 2.24) is 4.98 Å². The van der Waals surface area contributed by atoms with E-state index in [1.807, 2.05) is 36.4 Å². The molecular formula is C15H18N2O3. The van der Waals surface area contributed by atoms with Gasteiger partial charge in [0, 0.05) is 18.6 Å². The number of hydrogen-bond donors (Lipinski definition) is 0. The highest BCUT2D eigenvalue weighted by molar-refractivity contribution is 5.78. The van der Waals surface area contributed by atoms with Crippen LogP contribution in [0.4, 0.5) is 0 Å². The summed E-state index contributed by atoms with van der Waals surface area (Å²) in [5.41, 5.74) is 0.951. The number of hydrogen-bond acceptors (Lipinski definition) is 5. The van der Waals surface area contributed by atoms with Crippen molar-refractivity contribution in [1.29, 1.82) is 0 Å². The fraction of sp³-hybridized carbons (Fsp3) is 0.333. The number of nitrogens with zero attached hydrogens (tertiary/aromatic N) is 2. The molecule has 3 rings (SSSR count). The van der Waals surface area contributed by atoms with Crippen molar-refractivity contribution >= 4 is 17.3 Å². The third kappa shape index (κ3) is 4.51. The molecule has 2 heterocycles. The average molecular weight is 274 g/mol. The molecule has 20 heavy (non-hydrogen) atoms. The highest BCUT2D eigenvalue weighted by Gasteiger charge is 1.97. The molecule has 0 atom stereocenters. The molecular weight excluding hydrogens is 256 g/mol. The van der Waals surface area contributed by atoms with Crippen LogP contribution in [-0.2, 0) is 9.47 Å². The van der Waals surface area contributed by atoms with E-state index in [0.29, 0.717) is 19.1 Å². The number of pyridine rings is 1. The first-order valence-electron chi connectivity index (χ1n) is 6.47. The molecule has 0 aliphatic carbocycles. The molecule has 2 aromatic rings. The first-order chi connectivity index (χ1) is 9.90. The fourth-order valence-corrected chi connectivity index (χ4v) is 1.62. The number of fused-ring (bicyclic) bond motifs is 1. The summed E-state index contributed by atoms with van der Waals surface area (Å²) in [4.78, 5) is 8.11. The van der Waals surface area contributed by atoms with Crippen molar-refractivity contribution in [3.8, 4) is 5.88 Å². The Morgan fingerprint density at radius 3 is 2.75 bits per heavy atom. The number of benzene rings is 1. The molecule has 0 fully saturated rings. The lowest BCUT2D eigenvalue weighted by Crippen LogP contribution is -2.05. The summed E-state index contributed by atoms with van der Waals surface area (Å²) >= 11 is 0. The molecule has 0 amide bonds. The topological polar surface area (TPSA) is 52.9 Å². The van der Waals surface area contributed by atoms with Gasteiger partial charge < -0.3 is 14.2 Å². The monoisotopic (exact) mass is 274 g/mol. The Morgan fingerprint density at radius 2 is 2.05 bits per heavy atom. The fourth-order valence-electron chi connectivity index (χ4n) is 1.62. The van der Waals surface area contributed by atoms with Crippen LogP contribution in [0.15, 0.2) is 41.4 Å². The smallest absolute Gasteiger partial charge is 0.213 e. The van der Waals surface area contributed by atoms with Crippen LogP contribution in [0.5, 0.6) is 5.88 Å². The maximum absolute atomic E-state index is 5.42. The van der Waals surface area contributed by atoms with Gasteiger partial charge in [-0.2, -0.15) is 0 Å². The quantitative estimate of drug-likeness (QED) is 0.803. The minimum absolute atomic E-state index is 0.530. The lowest BCUT2D eigenvalue weighted by molar-refractivity contribution is 0.144. The second-order valence-corrected chi connectivity index (χ2v) is 4.07. The third-order valence-corrected chi connectivity index (χ3v) is 2.60. The minimum atomic E-state index is 0.530. The molecule has 5 heteroatoms. The van der Waals surface area contributed by atoms with E-state index in [1.165, 1.54) is 6.40 Å². The van der Waals surface area contributed by atoms with Crippen molar-refractivity contribution < 1.29 is 14.2 Å². The molecule has 1 aromatic heterocycles. The predicted molar refractivity (Wildman–Crippen MR) is 78.4 cm³/mol. The minimum Gasteiger partial charge on any atom is -0.482 e. The van der Waals surface area contributed by atoms with Crippen LogP contribution in [0.3, 0.4) is 0 Å². The van der Waals surface area contributed by atoms with Crippen molar-refractivity contribution in [2.24, 2.45) is 4.99 Å². The van der Waals surface area contributed by atoms with Crippen LogP contribution in [0, 0.1) is 0 Å². The van der Waals surface area contributed by atoms with Crippen molar-refractivity contribution in [3.63, 3.8) is 0 Å². The normalized spacial score (nSPS) is 12.7. The molecule has 0 unspecified atom stereocenters. The average Bonchev–Trinajstić information content (AvgIpc) is 3.07. The van der Waals surface area contributed by atoms with E-state index in [2.05, 4.69) is 14.7 Å². The highest BCUT2D eigenvalue weighted by atomic mass is 16.5. The van der Waals surface area contributed by atoms with Crippen LogP contribution in [0.1, 0.15) is 0 Å². The van der Waals surface area contributed by atoms with Gasteiger partial charge in [-0.1, -0.05) is 18.2 Å². The van der Waals surface area contributed by atoms with E-state index in [9.17, 15) is 0 Å². The van der Waals surface area contributed by atoms with E-state index >= 15 is 0 Å². The van der Waals surface area contributed by atoms with Gasteiger partial charge in [-0.25, -0.2) is 4.98 Å². The molecule has 1 aliphatic rings. The zero-order valence-electron chi connectivity index (χ0n) is 11.5. The molecule has 0 saturated heterocycles. The van der Waals surface area contributed by atoms with Gasteiger partial charge in [0.2, 0.25) is 5.88 Å². The molecule has 0 N–H and O–H groups in total. The summed E-state index contributed by atoms with van der Waals surface area (Å²) in [7, 11) is 1.65. The maximum Gasteiger partial charge on any atom is 0.213 e. The van der Waals surface area contributed by atoms with Crippen molar-refractivity contribution in [2.75, 3.05) is 33.5 Å². The molecule has 106 valence electrons. The van der Waals surface area contributed by atoms with Crippen LogP contribution in [0.2, 0.25) is 0 Å². The first-order valence-corrected chi connectivity index (χ1v) is 6.47. The van der Waals surface area contributed by atoms with Gasteiger partial charge in [-0.05, 0) is 12.1 Å². The zero-order chi connectivity index (χ0) is 14.0. The first kappa shape index (κ1) is 14.3. The Morgan fingerprint density at radius 1 is 1.15 bits per heavy atom. The summed E-state index contributed by atoms with van der Waals surface area (Å²) in [6, 6.07) is 11.8. The Kier molecular flexibility index (Phi) is 5.79. The number of aliphatic imine (C=N–C) groups is 1. The molecule has 0 saturated carbocycles. The standard InChI is InChI=1S/C12H13NO2.C3H5NO/c1-14-8-9-15-12-7-6-10-4-2-3-5-11(10)13-12;1-2-5-3-4-1/h2-7H,8-9H2,1H3;3H,1-2H2. The van der Waals surface area contributed by atoms with Crippen LogP contribution < -0.4 is 4.74 Å². The van der Waals surface area contributed by atoms with Gasteiger partial charge in [-0.3, -0.25) is 4.99 Å². The third-order valence-electron chi connectivity index (χ3n) is 2.60. The molecule has 1 aromatic carbocycles. The van der Waals surface area contributed by atoms with Crippen molar-refractivity contribution in [2.45, 2.75) is 0 Å². The van der Waals surface area contributed by atoms with Gasteiger partial charge in [-0.15, -0.1) is 0 Å². The van der Waals surface area contributed by atoms with Crippen molar-refractivity contribution in [3.05, 3.63) is 36.4 Å². The molecule has 1 aliphatic heterocycles. The Balaban J connectivity index is 0.000000247. The van der Waals surface area contributed by atoms with Crippen LogP contribution in [0.25, 0.3) is 10.9 Å². The molecule has 0 bridgehead atoms. The van der Waals surface area contributed by atoms with E-state index < -0.39 is 0 Å². The number of methoxy groups -OCH3 is 1. The summed E-state index contributed by atoms with van der Waals surface area (Å²) in [5, 5.41) is 1.12. The molecule has 0 spiro atoms. The maximum atomic E-state index is 5.42. The van der Waals surface area contributed by atoms with Crippen LogP contribution in [-0.4, -0.2) is 44.9 Å². The Hall–Kier alpha value is -2.14. The summed E-state index contributed by atoms with van der Waals surface area (Å²) < 4.78 is 15.0. The largest absolute Gasteiger partial charge is 0.482 e. The summed E-state index contributed by atoms with van der Waals surface area (Å²) in [6.45, 7) is 2.73. The van der Waals surface area contributed by atoms with Gasteiger partial charge >= 0.3 is 0 Å². The number of aromatic nitrogens is 1.